The van der Waals surface area contributed by atoms with E-state index in [0.717, 1.165) is 24.1 Å². The van der Waals surface area contributed by atoms with Gasteiger partial charge in [0.1, 0.15) is 0 Å². The average Bonchev–Trinajstić information content (AvgIpc) is 2.28. The van der Waals surface area contributed by atoms with E-state index in [4.69, 9.17) is 0 Å². The minimum Gasteiger partial charge on any atom is -0.385 e. The van der Waals surface area contributed by atoms with Gasteiger partial charge in [-0.3, -0.25) is 0 Å². The van der Waals surface area contributed by atoms with Crippen LogP contribution in [-0.4, -0.2) is 11.5 Å². The van der Waals surface area contributed by atoms with Gasteiger partial charge in [-0.2, -0.15) is 4.39 Å². The third-order valence-electron chi connectivity index (χ3n) is 3.46. The molecule has 1 fully saturated rings. The lowest BCUT2D eigenvalue weighted by atomic mass is 9.83. The summed E-state index contributed by atoms with van der Waals surface area (Å²) in [5.74, 6) is 1.21. The average molecular weight is 222 g/mol. The van der Waals surface area contributed by atoms with Crippen LogP contribution in [0.3, 0.4) is 0 Å². The molecule has 1 aliphatic carbocycles. The summed E-state index contributed by atoms with van der Waals surface area (Å²) in [4.78, 5) is 3.54. The number of nitrogens with zero attached hydrogens (tertiary/aromatic N) is 1. The number of aromatic nitrogens is 1. The lowest BCUT2D eigenvalue weighted by Crippen LogP contribution is -2.20. The summed E-state index contributed by atoms with van der Waals surface area (Å²) in [5.41, 5.74) is 0.839. The highest BCUT2D eigenvalue weighted by Gasteiger charge is 2.17. The van der Waals surface area contributed by atoms with Crippen molar-refractivity contribution >= 4 is 5.69 Å². The molecule has 0 saturated heterocycles. The van der Waals surface area contributed by atoms with Gasteiger partial charge in [0.2, 0.25) is 5.95 Å². The molecule has 0 spiro atoms. The highest BCUT2D eigenvalue weighted by Crippen LogP contribution is 2.28. The Morgan fingerprint density at radius 3 is 2.81 bits per heavy atom. The van der Waals surface area contributed by atoms with E-state index >= 15 is 0 Å². The number of hydrogen-bond donors (Lipinski definition) is 1. The molecule has 0 aromatic carbocycles. The van der Waals surface area contributed by atoms with Crippen LogP contribution in [0.4, 0.5) is 10.1 Å². The zero-order valence-corrected chi connectivity index (χ0v) is 9.75. The smallest absolute Gasteiger partial charge is 0.214 e. The number of hydrogen-bond acceptors (Lipinski definition) is 2. The van der Waals surface area contributed by atoms with Gasteiger partial charge in [0.15, 0.2) is 0 Å². The highest BCUT2D eigenvalue weighted by atomic mass is 19.1. The minimum atomic E-state index is -0.415. The maximum absolute atomic E-state index is 12.8. The van der Waals surface area contributed by atoms with Crippen LogP contribution in [0, 0.1) is 17.8 Å². The van der Waals surface area contributed by atoms with Crippen LogP contribution < -0.4 is 5.32 Å². The van der Waals surface area contributed by atoms with Crippen LogP contribution in [0.2, 0.25) is 0 Å². The van der Waals surface area contributed by atoms with Crippen molar-refractivity contribution in [3.8, 4) is 0 Å². The summed E-state index contributed by atoms with van der Waals surface area (Å²) in [6.45, 7) is 3.28. The van der Waals surface area contributed by atoms with E-state index < -0.39 is 5.95 Å². The number of halogens is 1. The van der Waals surface area contributed by atoms with E-state index in [1.54, 1.807) is 0 Å². The predicted molar refractivity (Wildman–Crippen MR) is 63.8 cm³/mol. The third kappa shape index (κ3) is 3.19. The van der Waals surface area contributed by atoms with Crippen molar-refractivity contribution in [1.82, 2.24) is 4.98 Å². The lowest BCUT2D eigenvalue weighted by Gasteiger charge is -2.26. The van der Waals surface area contributed by atoms with Crippen LogP contribution in [0.1, 0.15) is 32.6 Å². The van der Waals surface area contributed by atoms with Crippen molar-refractivity contribution in [3.05, 3.63) is 24.3 Å². The molecule has 1 saturated carbocycles. The van der Waals surface area contributed by atoms with Crippen molar-refractivity contribution in [1.29, 1.82) is 0 Å². The van der Waals surface area contributed by atoms with Crippen LogP contribution >= 0.6 is 0 Å². The molecule has 2 rings (SSSR count). The maximum atomic E-state index is 12.8. The molecule has 88 valence electrons. The molecule has 0 unspecified atom stereocenters. The molecule has 0 bridgehead atoms. The molecular weight excluding hydrogens is 203 g/mol. The Labute approximate surface area is 96.3 Å². The van der Waals surface area contributed by atoms with E-state index in [0.29, 0.717) is 0 Å². The van der Waals surface area contributed by atoms with E-state index in [9.17, 15) is 4.39 Å². The van der Waals surface area contributed by atoms with Crippen molar-refractivity contribution in [2.75, 3.05) is 11.9 Å². The fourth-order valence-electron chi connectivity index (χ4n) is 2.31. The zero-order chi connectivity index (χ0) is 11.4. The molecule has 0 aliphatic heterocycles. The molecule has 1 aromatic heterocycles. The van der Waals surface area contributed by atoms with Gasteiger partial charge in [0.25, 0.3) is 0 Å². The molecule has 1 aliphatic rings. The Kier molecular flexibility index (Phi) is 3.75. The first-order valence-electron chi connectivity index (χ1n) is 6.09. The molecule has 1 N–H and O–H groups in total. The Morgan fingerprint density at radius 2 is 2.12 bits per heavy atom. The predicted octanol–water partition coefficient (Wildman–Crippen LogP) is 3.46. The Hall–Kier alpha value is -1.12. The SMILES string of the molecule is CC1CCC(CNc2ccnc(F)c2)CC1. The van der Waals surface area contributed by atoms with Gasteiger partial charge in [-0.05, 0) is 30.7 Å². The third-order valence-corrected chi connectivity index (χ3v) is 3.46. The maximum Gasteiger partial charge on any atom is 0.214 e. The van der Waals surface area contributed by atoms with Crippen LogP contribution in [0.25, 0.3) is 0 Å². The molecule has 0 amide bonds. The van der Waals surface area contributed by atoms with E-state index in [1.165, 1.54) is 37.9 Å². The Balaban J connectivity index is 1.79. The van der Waals surface area contributed by atoms with Gasteiger partial charge >= 0.3 is 0 Å². The van der Waals surface area contributed by atoms with Crippen molar-refractivity contribution < 1.29 is 4.39 Å². The first kappa shape index (κ1) is 11.4. The second-order valence-electron chi connectivity index (χ2n) is 4.87. The summed E-state index contributed by atoms with van der Waals surface area (Å²) in [7, 11) is 0. The van der Waals surface area contributed by atoms with Gasteiger partial charge in [-0.15, -0.1) is 0 Å². The molecule has 0 radical (unpaired) electrons. The number of rotatable bonds is 3. The minimum absolute atomic E-state index is 0.415. The zero-order valence-electron chi connectivity index (χ0n) is 9.75. The number of nitrogens with one attached hydrogen (secondary N) is 1. The molecule has 2 nitrogen and oxygen atoms in total. The number of anilines is 1. The first-order valence-corrected chi connectivity index (χ1v) is 6.09. The lowest BCUT2D eigenvalue weighted by molar-refractivity contribution is 0.300. The van der Waals surface area contributed by atoms with Gasteiger partial charge < -0.3 is 5.32 Å². The second-order valence-corrected chi connectivity index (χ2v) is 4.87. The Morgan fingerprint density at radius 1 is 1.38 bits per heavy atom. The topological polar surface area (TPSA) is 24.9 Å². The van der Waals surface area contributed by atoms with E-state index in [2.05, 4.69) is 17.2 Å². The summed E-state index contributed by atoms with van der Waals surface area (Å²) >= 11 is 0. The second kappa shape index (κ2) is 5.28. The van der Waals surface area contributed by atoms with Crippen LogP contribution in [0.15, 0.2) is 18.3 Å². The first-order chi connectivity index (χ1) is 7.74. The summed E-state index contributed by atoms with van der Waals surface area (Å²) in [6, 6.07) is 3.26. The molecule has 3 heteroatoms. The van der Waals surface area contributed by atoms with Gasteiger partial charge in [-0.1, -0.05) is 19.8 Å². The molecule has 1 aromatic rings. The van der Waals surface area contributed by atoms with Crippen molar-refractivity contribution in [2.24, 2.45) is 11.8 Å². The van der Waals surface area contributed by atoms with E-state index in [-0.39, 0.29) is 0 Å². The fourth-order valence-corrected chi connectivity index (χ4v) is 2.31. The molecule has 16 heavy (non-hydrogen) atoms. The van der Waals surface area contributed by atoms with Gasteiger partial charge in [0, 0.05) is 24.5 Å². The van der Waals surface area contributed by atoms with Crippen molar-refractivity contribution in [2.45, 2.75) is 32.6 Å². The Bertz CT molecular complexity index is 332. The largest absolute Gasteiger partial charge is 0.385 e. The summed E-state index contributed by atoms with van der Waals surface area (Å²) < 4.78 is 12.8. The van der Waals surface area contributed by atoms with Gasteiger partial charge in [-0.25, -0.2) is 4.98 Å². The molecular formula is C13H19FN2. The number of pyridine rings is 1. The molecule has 0 atom stereocenters. The fraction of sp³-hybridized carbons (Fsp3) is 0.615. The summed E-state index contributed by atoms with van der Waals surface area (Å²) in [5, 5.41) is 3.29. The monoisotopic (exact) mass is 222 g/mol. The normalized spacial score (nSPS) is 25.4. The van der Waals surface area contributed by atoms with E-state index in [1.807, 2.05) is 6.07 Å². The van der Waals surface area contributed by atoms with Crippen LogP contribution in [-0.2, 0) is 0 Å². The quantitative estimate of drug-likeness (QED) is 0.792. The van der Waals surface area contributed by atoms with Crippen LogP contribution in [0.5, 0.6) is 0 Å². The van der Waals surface area contributed by atoms with Gasteiger partial charge in [0.05, 0.1) is 0 Å². The standard InChI is InChI=1S/C13H19FN2/c1-10-2-4-11(5-3-10)9-16-12-6-7-15-13(14)8-12/h6-8,10-11H,2-5,9H2,1H3,(H,15,16). The summed E-state index contributed by atoms with van der Waals surface area (Å²) in [6.07, 6.45) is 6.75. The highest BCUT2D eigenvalue weighted by molar-refractivity contribution is 5.41. The van der Waals surface area contributed by atoms with Crippen molar-refractivity contribution in [3.63, 3.8) is 0 Å². The molecule has 1 heterocycles.